The van der Waals surface area contributed by atoms with E-state index in [4.69, 9.17) is 0 Å². The van der Waals surface area contributed by atoms with E-state index in [1.807, 2.05) is 47.4 Å². The Morgan fingerprint density at radius 2 is 1.77 bits per heavy atom. The number of nitrogens with one attached hydrogen (secondary N) is 1. The molecule has 1 N–H and O–H groups in total. The van der Waals surface area contributed by atoms with E-state index in [0.29, 0.717) is 30.9 Å². The SMILES string of the molecule is CC(=O)N1C[C@H]2C[C@H](C1)c1ccc(NC(=O)c3ccc4ccccc4c3)c(=O)n1C2. The van der Waals surface area contributed by atoms with Gasteiger partial charge in [0, 0.05) is 43.7 Å². The second-order valence-electron chi connectivity index (χ2n) is 8.33. The predicted molar refractivity (Wildman–Crippen MR) is 116 cm³/mol. The van der Waals surface area contributed by atoms with Crippen LogP contribution in [0.4, 0.5) is 5.69 Å². The molecule has 1 fully saturated rings. The van der Waals surface area contributed by atoms with E-state index in [2.05, 4.69) is 5.32 Å². The van der Waals surface area contributed by atoms with Crippen molar-refractivity contribution in [3.8, 4) is 0 Å². The normalized spacial score (nSPS) is 20.0. The summed E-state index contributed by atoms with van der Waals surface area (Å²) in [7, 11) is 0. The summed E-state index contributed by atoms with van der Waals surface area (Å²) >= 11 is 0. The minimum atomic E-state index is -0.294. The summed E-state index contributed by atoms with van der Waals surface area (Å²) in [4.78, 5) is 39.6. The maximum atomic E-state index is 13.1. The summed E-state index contributed by atoms with van der Waals surface area (Å²) in [6.07, 6.45) is 0.992. The van der Waals surface area contributed by atoms with E-state index in [1.165, 1.54) is 0 Å². The minimum absolute atomic E-state index is 0.0831. The number of hydrogen-bond acceptors (Lipinski definition) is 3. The van der Waals surface area contributed by atoms with Crippen molar-refractivity contribution in [3.63, 3.8) is 0 Å². The van der Waals surface area contributed by atoms with E-state index >= 15 is 0 Å². The van der Waals surface area contributed by atoms with Crippen molar-refractivity contribution in [2.45, 2.75) is 25.8 Å². The van der Waals surface area contributed by atoms with Crippen LogP contribution < -0.4 is 10.9 Å². The number of piperidine rings is 1. The average Bonchev–Trinajstić information content (AvgIpc) is 2.75. The second kappa shape index (κ2) is 7.13. The molecule has 0 aliphatic carbocycles. The topological polar surface area (TPSA) is 71.4 Å². The molecule has 0 saturated carbocycles. The molecule has 2 aliphatic heterocycles. The van der Waals surface area contributed by atoms with Gasteiger partial charge in [-0.15, -0.1) is 0 Å². The molecule has 3 heterocycles. The lowest BCUT2D eigenvalue weighted by molar-refractivity contribution is -0.131. The van der Waals surface area contributed by atoms with Crippen LogP contribution in [0.1, 0.15) is 35.3 Å². The zero-order chi connectivity index (χ0) is 20.8. The van der Waals surface area contributed by atoms with Crippen LogP contribution in [0.25, 0.3) is 10.8 Å². The molecule has 0 spiro atoms. The number of amides is 2. The molecule has 2 bridgehead atoms. The first-order valence-electron chi connectivity index (χ1n) is 10.3. The number of carbonyl (C=O) groups excluding carboxylic acids is 2. The monoisotopic (exact) mass is 401 g/mol. The summed E-state index contributed by atoms with van der Waals surface area (Å²) in [5, 5.41) is 4.84. The number of pyridine rings is 1. The molecule has 1 aromatic heterocycles. The quantitative estimate of drug-likeness (QED) is 0.717. The Hall–Kier alpha value is -3.41. The number of likely N-dealkylation sites (tertiary alicyclic amines) is 1. The zero-order valence-electron chi connectivity index (χ0n) is 16.8. The van der Waals surface area contributed by atoms with Crippen LogP contribution in [-0.4, -0.2) is 34.4 Å². The average molecular weight is 401 g/mol. The Morgan fingerprint density at radius 3 is 2.57 bits per heavy atom. The van der Waals surface area contributed by atoms with Crippen molar-refractivity contribution in [2.24, 2.45) is 5.92 Å². The fourth-order valence-corrected chi connectivity index (χ4v) is 4.82. The Labute approximate surface area is 174 Å². The van der Waals surface area contributed by atoms with Gasteiger partial charge in [0.1, 0.15) is 5.69 Å². The first kappa shape index (κ1) is 18.6. The van der Waals surface area contributed by atoms with E-state index in [1.54, 1.807) is 23.6 Å². The lowest BCUT2D eigenvalue weighted by atomic mass is 9.83. The Morgan fingerprint density at radius 1 is 0.967 bits per heavy atom. The highest BCUT2D eigenvalue weighted by atomic mass is 16.2. The number of carbonyl (C=O) groups is 2. The zero-order valence-corrected chi connectivity index (χ0v) is 16.8. The van der Waals surface area contributed by atoms with E-state index in [0.717, 1.165) is 22.9 Å². The van der Waals surface area contributed by atoms with Crippen molar-refractivity contribution < 1.29 is 9.59 Å². The third-order valence-corrected chi connectivity index (χ3v) is 6.31. The van der Waals surface area contributed by atoms with Crippen LogP contribution in [0.2, 0.25) is 0 Å². The number of anilines is 1. The lowest BCUT2D eigenvalue weighted by Gasteiger charge is -2.42. The number of fused-ring (bicyclic) bond motifs is 5. The molecule has 0 radical (unpaired) electrons. The van der Waals surface area contributed by atoms with Gasteiger partial charge in [0.2, 0.25) is 5.91 Å². The molecule has 2 aromatic carbocycles. The number of rotatable bonds is 2. The van der Waals surface area contributed by atoms with Gasteiger partial charge >= 0.3 is 0 Å². The van der Waals surface area contributed by atoms with Crippen LogP contribution in [0.5, 0.6) is 0 Å². The van der Waals surface area contributed by atoms with E-state index in [9.17, 15) is 14.4 Å². The van der Waals surface area contributed by atoms with Gasteiger partial charge in [-0.3, -0.25) is 14.4 Å². The van der Waals surface area contributed by atoms with Crippen LogP contribution >= 0.6 is 0 Å². The number of aromatic nitrogens is 1. The lowest BCUT2D eigenvalue weighted by Crippen LogP contribution is -2.48. The highest BCUT2D eigenvalue weighted by molar-refractivity contribution is 6.06. The summed E-state index contributed by atoms with van der Waals surface area (Å²) in [5.74, 6) is 0.223. The molecule has 2 aliphatic rings. The predicted octanol–water partition coefficient (Wildman–Crippen LogP) is 3.22. The Balaban J connectivity index is 1.42. The molecule has 1 saturated heterocycles. The standard InChI is InChI=1S/C24H23N3O3/c1-15(28)26-12-16-10-20(14-26)22-9-8-21(24(30)27(22)13-16)25-23(29)19-7-6-17-4-2-3-5-18(17)11-19/h2-9,11,16,20H,10,12-14H2,1H3,(H,25,29)/t16-,20-/m1/s1. The molecule has 3 aromatic rings. The van der Waals surface area contributed by atoms with Gasteiger partial charge in [0.15, 0.2) is 0 Å². The van der Waals surface area contributed by atoms with Crippen molar-refractivity contribution in [1.29, 1.82) is 0 Å². The Bertz CT molecular complexity index is 1230. The number of nitrogens with zero attached hydrogens (tertiary/aromatic N) is 2. The van der Waals surface area contributed by atoms with Gasteiger partial charge in [-0.1, -0.05) is 30.3 Å². The van der Waals surface area contributed by atoms with Gasteiger partial charge in [-0.2, -0.15) is 0 Å². The molecular weight excluding hydrogens is 378 g/mol. The molecule has 6 heteroatoms. The molecule has 152 valence electrons. The van der Waals surface area contributed by atoms with Crippen LogP contribution in [0.15, 0.2) is 59.4 Å². The minimum Gasteiger partial charge on any atom is -0.342 e. The van der Waals surface area contributed by atoms with E-state index < -0.39 is 0 Å². The molecule has 5 rings (SSSR count). The molecule has 6 nitrogen and oxygen atoms in total. The molecule has 2 amide bonds. The fraction of sp³-hybridized carbons (Fsp3) is 0.292. The molecule has 2 atom stereocenters. The summed E-state index contributed by atoms with van der Waals surface area (Å²) in [6, 6.07) is 17.0. The molecular formula is C24H23N3O3. The van der Waals surface area contributed by atoms with Crippen molar-refractivity contribution >= 4 is 28.3 Å². The van der Waals surface area contributed by atoms with Crippen LogP contribution in [0, 0.1) is 5.92 Å². The van der Waals surface area contributed by atoms with Gasteiger partial charge in [-0.05, 0) is 47.4 Å². The van der Waals surface area contributed by atoms with Crippen molar-refractivity contribution in [1.82, 2.24) is 9.47 Å². The summed E-state index contributed by atoms with van der Waals surface area (Å²) in [5.41, 5.74) is 1.59. The van der Waals surface area contributed by atoms with Gasteiger partial charge in [-0.25, -0.2) is 0 Å². The first-order valence-corrected chi connectivity index (χ1v) is 10.3. The maximum absolute atomic E-state index is 13.1. The van der Waals surface area contributed by atoms with Crippen molar-refractivity contribution in [2.75, 3.05) is 18.4 Å². The van der Waals surface area contributed by atoms with Crippen LogP contribution in [0.3, 0.4) is 0 Å². The van der Waals surface area contributed by atoms with Gasteiger partial charge < -0.3 is 14.8 Å². The fourth-order valence-electron chi connectivity index (χ4n) is 4.82. The van der Waals surface area contributed by atoms with Crippen LogP contribution in [-0.2, 0) is 11.3 Å². The molecule has 0 unspecified atom stereocenters. The highest BCUT2D eigenvalue weighted by Crippen LogP contribution is 2.35. The largest absolute Gasteiger partial charge is 0.342 e. The first-order chi connectivity index (χ1) is 14.5. The highest BCUT2D eigenvalue weighted by Gasteiger charge is 2.35. The second-order valence-corrected chi connectivity index (χ2v) is 8.33. The number of hydrogen-bond donors (Lipinski definition) is 1. The van der Waals surface area contributed by atoms with Gasteiger partial charge in [0.05, 0.1) is 0 Å². The molecule has 30 heavy (non-hydrogen) atoms. The third kappa shape index (κ3) is 3.18. The summed E-state index contributed by atoms with van der Waals surface area (Å²) < 4.78 is 1.78. The van der Waals surface area contributed by atoms with E-state index in [-0.39, 0.29) is 29.2 Å². The van der Waals surface area contributed by atoms with Crippen molar-refractivity contribution in [3.05, 3.63) is 76.2 Å². The third-order valence-electron chi connectivity index (χ3n) is 6.31. The smallest absolute Gasteiger partial charge is 0.274 e. The number of benzene rings is 2. The van der Waals surface area contributed by atoms with Gasteiger partial charge in [0.25, 0.3) is 11.5 Å². The summed E-state index contributed by atoms with van der Waals surface area (Å²) in [6.45, 7) is 3.51. The Kier molecular flexibility index (Phi) is 4.42. The maximum Gasteiger partial charge on any atom is 0.274 e.